The van der Waals surface area contributed by atoms with Crippen molar-refractivity contribution in [3.05, 3.63) is 36.2 Å². The number of benzene rings is 1. The van der Waals surface area contributed by atoms with E-state index in [-0.39, 0.29) is 5.54 Å². The molecule has 2 heterocycles. The van der Waals surface area contributed by atoms with E-state index >= 15 is 0 Å². The van der Waals surface area contributed by atoms with Crippen molar-refractivity contribution in [2.45, 2.75) is 38.1 Å². The molecule has 0 spiro atoms. The number of rotatable bonds is 3. The minimum absolute atomic E-state index is 0.00955. The molecule has 2 aliphatic rings. The van der Waals surface area contributed by atoms with Gasteiger partial charge in [0.25, 0.3) is 0 Å². The molecule has 24 heavy (non-hydrogen) atoms. The molecule has 0 radical (unpaired) electrons. The van der Waals surface area contributed by atoms with Crippen molar-refractivity contribution in [3.63, 3.8) is 0 Å². The number of para-hydroxylation sites is 1. The monoisotopic (exact) mass is 328 g/mol. The quantitative estimate of drug-likeness (QED) is 0.913. The Labute approximate surface area is 142 Å². The lowest BCUT2D eigenvalue weighted by Gasteiger charge is -2.44. The van der Waals surface area contributed by atoms with Crippen molar-refractivity contribution < 1.29 is 9.64 Å². The molecule has 2 fully saturated rings. The standard InChI is InChI=1S/C18H25N5O/c1-15-7-9-18(10-8-15,22-11-13-24-14-12-22)17-19-20-21-23(17)16-5-3-2-4-6-16/h2-6,15H,7-14H2,1H3/p+1. The van der Waals surface area contributed by atoms with Crippen molar-refractivity contribution in [1.29, 1.82) is 0 Å². The van der Waals surface area contributed by atoms with Crippen LogP contribution in [-0.2, 0) is 10.3 Å². The molecular weight excluding hydrogens is 302 g/mol. The predicted molar refractivity (Wildman–Crippen MR) is 90.0 cm³/mol. The van der Waals surface area contributed by atoms with Crippen LogP contribution < -0.4 is 4.90 Å². The van der Waals surface area contributed by atoms with Gasteiger partial charge in [-0.15, -0.1) is 5.10 Å². The average Bonchev–Trinajstić information content (AvgIpc) is 3.14. The Morgan fingerprint density at radius 1 is 1.12 bits per heavy atom. The molecule has 0 atom stereocenters. The molecule has 128 valence electrons. The van der Waals surface area contributed by atoms with Crippen molar-refractivity contribution >= 4 is 0 Å². The second kappa shape index (κ2) is 6.61. The molecule has 6 heteroatoms. The van der Waals surface area contributed by atoms with Crippen LogP contribution in [0.5, 0.6) is 0 Å². The van der Waals surface area contributed by atoms with E-state index in [0.29, 0.717) is 0 Å². The van der Waals surface area contributed by atoms with Crippen molar-refractivity contribution in [3.8, 4) is 5.69 Å². The van der Waals surface area contributed by atoms with Crippen LogP contribution in [-0.4, -0.2) is 46.5 Å². The van der Waals surface area contributed by atoms with Crippen LogP contribution in [0.4, 0.5) is 0 Å². The van der Waals surface area contributed by atoms with Crippen molar-refractivity contribution in [2.24, 2.45) is 5.92 Å². The number of morpholine rings is 1. The minimum atomic E-state index is 0.00955. The van der Waals surface area contributed by atoms with E-state index < -0.39 is 0 Å². The number of nitrogens with one attached hydrogen (secondary N) is 1. The summed E-state index contributed by atoms with van der Waals surface area (Å²) in [6.45, 7) is 6.10. The first kappa shape index (κ1) is 15.7. The number of aromatic nitrogens is 4. The summed E-state index contributed by atoms with van der Waals surface area (Å²) in [6, 6.07) is 10.3. The summed E-state index contributed by atoms with van der Waals surface area (Å²) in [5.41, 5.74) is 1.05. The molecule has 0 unspecified atom stereocenters. The maximum absolute atomic E-state index is 5.61. The van der Waals surface area contributed by atoms with Crippen LogP contribution in [0.1, 0.15) is 38.4 Å². The summed E-state index contributed by atoms with van der Waals surface area (Å²) >= 11 is 0. The highest BCUT2D eigenvalue weighted by Crippen LogP contribution is 2.36. The molecule has 1 aromatic heterocycles. The molecule has 0 bridgehead atoms. The van der Waals surface area contributed by atoms with Gasteiger partial charge in [0, 0.05) is 12.8 Å². The fourth-order valence-corrected chi connectivity index (χ4v) is 4.32. The molecule has 2 aromatic rings. The van der Waals surface area contributed by atoms with Gasteiger partial charge in [0.15, 0.2) is 5.54 Å². The van der Waals surface area contributed by atoms with Gasteiger partial charge in [0.05, 0.1) is 18.9 Å². The highest BCUT2D eigenvalue weighted by Gasteiger charge is 2.49. The van der Waals surface area contributed by atoms with Crippen molar-refractivity contribution in [1.82, 2.24) is 20.2 Å². The first-order valence-corrected chi connectivity index (χ1v) is 9.07. The Bertz CT molecular complexity index is 657. The van der Waals surface area contributed by atoms with Crippen LogP contribution >= 0.6 is 0 Å². The Balaban J connectivity index is 1.76. The molecule has 0 amide bonds. The predicted octanol–water partition coefficient (Wildman–Crippen LogP) is 0.983. The zero-order valence-electron chi connectivity index (χ0n) is 14.3. The van der Waals surface area contributed by atoms with E-state index in [1.54, 1.807) is 4.90 Å². The highest BCUT2D eigenvalue weighted by molar-refractivity contribution is 5.31. The second-order valence-electron chi connectivity index (χ2n) is 7.23. The molecule has 6 nitrogen and oxygen atoms in total. The topological polar surface area (TPSA) is 57.3 Å². The van der Waals surface area contributed by atoms with Gasteiger partial charge in [-0.1, -0.05) is 25.1 Å². The molecular formula is C18H26N5O+. The smallest absolute Gasteiger partial charge is 0.217 e. The number of ether oxygens (including phenoxy) is 1. The number of tetrazole rings is 1. The lowest BCUT2D eigenvalue weighted by atomic mass is 9.75. The largest absolute Gasteiger partial charge is 0.370 e. The number of hydrogen-bond donors (Lipinski definition) is 1. The van der Waals surface area contributed by atoms with Gasteiger partial charge in [0.1, 0.15) is 13.1 Å². The van der Waals surface area contributed by atoms with Crippen LogP contribution in [0.3, 0.4) is 0 Å². The third-order valence-electron chi connectivity index (χ3n) is 5.80. The maximum Gasteiger partial charge on any atom is 0.217 e. The maximum atomic E-state index is 5.61. The van der Waals surface area contributed by atoms with Gasteiger partial charge >= 0.3 is 0 Å². The van der Waals surface area contributed by atoms with Crippen LogP contribution in [0.25, 0.3) is 5.69 Å². The summed E-state index contributed by atoms with van der Waals surface area (Å²) in [5.74, 6) is 1.82. The van der Waals surface area contributed by atoms with E-state index in [1.807, 2.05) is 22.9 Å². The van der Waals surface area contributed by atoms with Gasteiger partial charge in [-0.25, -0.2) is 0 Å². The summed E-state index contributed by atoms with van der Waals surface area (Å²) in [5, 5.41) is 12.9. The minimum Gasteiger partial charge on any atom is -0.370 e. The van der Waals surface area contributed by atoms with E-state index in [2.05, 4.69) is 34.6 Å². The average molecular weight is 328 g/mol. The van der Waals surface area contributed by atoms with Crippen LogP contribution in [0.15, 0.2) is 30.3 Å². The fraction of sp³-hybridized carbons (Fsp3) is 0.611. The lowest BCUT2D eigenvalue weighted by molar-refractivity contribution is -0.971. The second-order valence-corrected chi connectivity index (χ2v) is 7.23. The lowest BCUT2D eigenvalue weighted by Crippen LogP contribution is -3.20. The number of nitrogens with zero attached hydrogens (tertiary/aromatic N) is 4. The van der Waals surface area contributed by atoms with Gasteiger partial charge < -0.3 is 9.64 Å². The Hall–Kier alpha value is -1.79. The van der Waals surface area contributed by atoms with Crippen molar-refractivity contribution in [2.75, 3.05) is 26.3 Å². The zero-order valence-corrected chi connectivity index (χ0v) is 14.3. The SMILES string of the molecule is CC1CCC(c2nnnn2-c2ccccc2)([NH+]2CCOCC2)CC1. The van der Waals surface area contributed by atoms with Crippen LogP contribution in [0.2, 0.25) is 0 Å². The third-order valence-corrected chi connectivity index (χ3v) is 5.80. The molecule has 1 saturated carbocycles. The molecule has 1 aromatic carbocycles. The van der Waals surface area contributed by atoms with E-state index in [9.17, 15) is 0 Å². The fourth-order valence-electron chi connectivity index (χ4n) is 4.32. The van der Waals surface area contributed by atoms with E-state index in [4.69, 9.17) is 4.74 Å². The van der Waals surface area contributed by atoms with E-state index in [1.165, 1.54) is 12.8 Å². The molecule has 1 aliphatic heterocycles. The van der Waals surface area contributed by atoms with Gasteiger partial charge in [0.2, 0.25) is 5.82 Å². The summed E-state index contributed by atoms with van der Waals surface area (Å²) in [7, 11) is 0. The van der Waals surface area contributed by atoms with Gasteiger partial charge in [-0.2, -0.15) is 4.68 Å². The first-order valence-electron chi connectivity index (χ1n) is 9.07. The van der Waals surface area contributed by atoms with Crippen LogP contribution in [0, 0.1) is 5.92 Å². The molecule has 1 N–H and O–H groups in total. The normalized spacial score (nSPS) is 28.8. The first-order chi connectivity index (χ1) is 11.8. The number of quaternary nitrogens is 1. The Morgan fingerprint density at radius 3 is 2.54 bits per heavy atom. The Kier molecular flexibility index (Phi) is 4.33. The van der Waals surface area contributed by atoms with Gasteiger partial charge in [-0.05, 0) is 41.3 Å². The number of hydrogen-bond acceptors (Lipinski definition) is 4. The summed E-state index contributed by atoms with van der Waals surface area (Å²) < 4.78 is 7.57. The summed E-state index contributed by atoms with van der Waals surface area (Å²) in [4.78, 5) is 1.59. The van der Waals surface area contributed by atoms with Gasteiger partial charge in [-0.3, -0.25) is 0 Å². The third kappa shape index (κ3) is 2.74. The molecule has 1 aliphatic carbocycles. The molecule has 4 rings (SSSR count). The molecule has 1 saturated heterocycles. The highest BCUT2D eigenvalue weighted by atomic mass is 16.5. The van der Waals surface area contributed by atoms with E-state index in [0.717, 1.165) is 56.6 Å². The summed E-state index contributed by atoms with van der Waals surface area (Å²) in [6.07, 6.45) is 4.78. The zero-order chi connectivity index (χ0) is 16.4. The Morgan fingerprint density at radius 2 is 1.83 bits per heavy atom.